The summed E-state index contributed by atoms with van der Waals surface area (Å²) < 4.78 is 11.0. The van der Waals surface area contributed by atoms with Gasteiger partial charge in [-0.2, -0.15) is 0 Å². The molecule has 0 bridgehead atoms. The number of nitro benzene ring substituents is 1. The van der Waals surface area contributed by atoms with Gasteiger partial charge in [-0.25, -0.2) is 0 Å². The van der Waals surface area contributed by atoms with E-state index < -0.39 is 10.8 Å². The van der Waals surface area contributed by atoms with Gasteiger partial charge in [0.2, 0.25) is 0 Å². The van der Waals surface area contributed by atoms with Crippen LogP contribution in [0.15, 0.2) is 59.0 Å². The van der Waals surface area contributed by atoms with Crippen molar-refractivity contribution in [2.24, 2.45) is 0 Å². The van der Waals surface area contributed by atoms with Gasteiger partial charge in [0.1, 0.15) is 23.9 Å². The van der Waals surface area contributed by atoms with Gasteiger partial charge in [-0.15, -0.1) is 0 Å². The highest BCUT2D eigenvalue weighted by atomic mass is 16.6. The molecule has 0 saturated carbocycles. The van der Waals surface area contributed by atoms with Gasteiger partial charge in [-0.3, -0.25) is 14.9 Å². The van der Waals surface area contributed by atoms with E-state index >= 15 is 0 Å². The maximum Gasteiger partial charge on any atom is 0.291 e. The number of anilines is 1. The van der Waals surface area contributed by atoms with Crippen LogP contribution in [0.4, 0.5) is 11.4 Å². The van der Waals surface area contributed by atoms with E-state index in [1.807, 2.05) is 31.2 Å². The summed E-state index contributed by atoms with van der Waals surface area (Å²) in [6, 6.07) is 13.9. The summed E-state index contributed by atoms with van der Waals surface area (Å²) in [4.78, 5) is 22.4. The minimum absolute atomic E-state index is 0.0104. The first-order chi connectivity index (χ1) is 12.9. The first kappa shape index (κ1) is 18.0. The fourth-order valence-corrected chi connectivity index (χ4v) is 2.36. The Bertz CT molecular complexity index is 995. The topological polar surface area (TPSA) is 115 Å². The van der Waals surface area contributed by atoms with Gasteiger partial charge < -0.3 is 19.6 Å². The van der Waals surface area contributed by atoms with Gasteiger partial charge in [-0.1, -0.05) is 12.1 Å². The van der Waals surface area contributed by atoms with Crippen molar-refractivity contribution >= 4 is 17.3 Å². The monoisotopic (exact) mass is 368 g/mol. The molecule has 8 heteroatoms. The summed E-state index contributed by atoms with van der Waals surface area (Å²) in [5.41, 5.74) is 0.724. The van der Waals surface area contributed by atoms with E-state index in [1.54, 1.807) is 6.07 Å². The molecule has 0 aliphatic heterocycles. The molecule has 0 aliphatic rings. The zero-order valence-electron chi connectivity index (χ0n) is 14.3. The van der Waals surface area contributed by atoms with Crippen LogP contribution in [0.5, 0.6) is 11.5 Å². The largest absolute Gasteiger partial charge is 0.506 e. The number of aromatic hydroxyl groups is 1. The number of phenolic OH excluding ortho intramolecular Hbond substituents is 1. The number of nitro groups is 1. The standard InChI is InChI=1S/C19H16N2O6/c1-12-3-2-4-14(9-12)26-11-15-6-8-18(27-15)19(23)20-16-10-13(21(24)25)5-7-17(16)22/h2-10,22H,11H2,1H3,(H,20,23). The van der Waals surface area contributed by atoms with Crippen LogP contribution in [0.1, 0.15) is 21.9 Å². The van der Waals surface area contributed by atoms with Crippen molar-refractivity contribution in [3.63, 3.8) is 0 Å². The van der Waals surface area contributed by atoms with E-state index in [9.17, 15) is 20.0 Å². The van der Waals surface area contributed by atoms with Crippen molar-refractivity contribution in [2.75, 3.05) is 5.32 Å². The Kier molecular flexibility index (Phi) is 5.07. The van der Waals surface area contributed by atoms with Crippen LogP contribution in [0.25, 0.3) is 0 Å². The number of ether oxygens (including phenoxy) is 1. The molecule has 0 fully saturated rings. The number of amides is 1. The molecule has 2 aromatic carbocycles. The first-order valence-corrected chi connectivity index (χ1v) is 7.99. The zero-order chi connectivity index (χ0) is 19.4. The highest BCUT2D eigenvalue weighted by Crippen LogP contribution is 2.28. The molecule has 1 amide bonds. The average Bonchev–Trinajstić information content (AvgIpc) is 3.11. The molecule has 2 N–H and O–H groups in total. The van der Waals surface area contributed by atoms with Gasteiger partial charge in [-0.05, 0) is 42.8 Å². The predicted molar refractivity (Wildman–Crippen MR) is 96.9 cm³/mol. The number of non-ortho nitro benzene ring substituents is 1. The Hall–Kier alpha value is -3.81. The molecule has 3 rings (SSSR count). The number of carbonyl (C=O) groups is 1. The fourth-order valence-electron chi connectivity index (χ4n) is 2.36. The molecule has 0 radical (unpaired) electrons. The normalized spacial score (nSPS) is 10.4. The number of nitrogens with zero attached hydrogens (tertiary/aromatic N) is 1. The number of benzene rings is 2. The number of aryl methyl sites for hydroxylation is 1. The van der Waals surface area contributed by atoms with Gasteiger partial charge >= 0.3 is 0 Å². The molecule has 0 saturated heterocycles. The van der Waals surface area contributed by atoms with E-state index in [4.69, 9.17) is 9.15 Å². The Morgan fingerprint density at radius 2 is 2.04 bits per heavy atom. The van der Waals surface area contributed by atoms with E-state index in [-0.39, 0.29) is 29.5 Å². The second-order valence-electron chi connectivity index (χ2n) is 5.78. The molecule has 1 heterocycles. The average molecular weight is 368 g/mol. The Balaban J connectivity index is 1.66. The summed E-state index contributed by atoms with van der Waals surface area (Å²) in [7, 11) is 0. The lowest BCUT2D eigenvalue weighted by Crippen LogP contribution is -2.11. The molecular weight excluding hydrogens is 352 g/mol. The van der Waals surface area contributed by atoms with Crippen LogP contribution in [0, 0.1) is 17.0 Å². The lowest BCUT2D eigenvalue weighted by atomic mass is 10.2. The van der Waals surface area contributed by atoms with Crippen molar-refractivity contribution < 1.29 is 24.0 Å². The summed E-state index contributed by atoms with van der Waals surface area (Å²) >= 11 is 0. The quantitative estimate of drug-likeness (QED) is 0.385. The molecule has 3 aromatic rings. The van der Waals surface area contributed by atoms with Crippen LogP contribution in [-0.4, -0.2) is 15.9 Å². The van der Waals surface area contributed by atoms with E-state index in [2.05, 4.69) is 5.32 Å². The molecule has 0 spiro atoms. The molecule has 8 nitrogen and oxygen atoms in total. The van der Waals surface area contributed by atoms with Gasteiger partial charge in [0, 0.05) is 12.1 Å². The minimum atomic E-state index is -0.646. The van der Waals surface area contributed by atoms with Crippen molar-refractivity contribution in [1.29, 1.82) is 0 Å². The van der Waals surface area contributed by atoms with Crippen LogP contribution in [0.3, 0.4) is 0 Å². The molecular formula is C19H16N2O6. The van der Waals surface area contributed by atoms with Crippen molar-refractivity contribution in [1.82, 2.24) is 0 Å². The molecule has 0 aliphatic carbocycles. The molecule has 1 aromatic heterocycles. The maximum atomic E-state index is 12.3. The lowest BCUT2D eigenvalue weighted by molar-refractivity contribution is -0.384. The third-order valence-corrected chi connectivity index (χ3v) is 3.70. The van der Waals surface area contributed by atoms with E-state index in [0.29, 0.717) is 11.5 Å². The number of nitrogens with one attached hydrogen (secondary N) is 1. The van der Waals surface area contributed by atoms with Crippen LogP contribution < -0.4 is 10.1 Å². The third kappa shape index (κ3) is 4.43. The van der Waals surface area contributed by atoms with Crippen LogP contribution in [0.2, 0.25) is 0 Å². The van der Waals surface area contributed by atoms with E-state index in [0.717, 1.165) is 23.8 Å². The second-order valence-corrected chi connectivity index (χ2v) is 5.78. The van der Waals surface area contributed by atoms with Crippen LogP contribution in [-0.2, 0) is 6.61 Å². The zero-order valence-corrected chi connectivity index (χ0v) is 14.3. The maximum absolute atomic E-state index is 12.3. The van der Waals surface area contributed by atoms with Gasteiger partial charge in [0.25, 0.3) is 11.6 Å². The fraction of sp³-hybridized carbons (Fsp3) is 0.105. The van der Waals surface area contributed by atoms with Crippen molar-refractivity contribution in [3.8, 4) is 11.5 Å². The molecule has 27 heavy (non-hydrogen) atoms. The Morgan fingerprint density at radius 1 is 1.22 bits per heavy atom. The predicted octanol–water partition coefficient (Wildman–Crippen LogP) is 4.03. The Morgan fingerprint density at radius 3 is 2.78 bits per heavy atom. The van der Waals surface area contributed by atoms with Gasteiger partial charge in [0.15, 0.2) is 5.76 Å². The minimum Gasteiger partial charge on any atom is -0.506 e. The third-order valence-electron chi connectivity index (χ3n) is 3.70. The second kappa shape index (κ2) is 7.61. The summed E-state index contributed by atoms with van der Waals surface area (Å²) in [5.74, 6) is 0.170. The van der Waals surface area contributed by atoms with E-state index in [1.165, 1.54) is 6.07 Å². The lowest BCUT2D eigenvalue weighted by Gasteiger charge is -2.06. The summed E-state index contributed by atoms with van der Waals surface area (Å²) in [6.45, 7) is 2.09. The van der Waals surface area contributed by atoms with Crippen LogP contribution >= 0.6 is 0 Å². The number of furan rings is 1. The Labute approximate surface area is 154 Å². The SMILES string of the molecule is Cc1cccc(OCc2ccc(C(=O)Nc3cc([N+](=O)[O-])ccc3O)o2)c1. The number of carbonyl (C=O) groups excluding carboxylic acids is 1. The first-order valence-electron chi connectivity index (χ1n) is 7.99. The smallest absolute Gasteiger partial charge is 0.291 e. The number of hydrogen-bond acceptors (Lipinski definition) is 6. The van der Waals surface area contributed by atoms with Crippen molar-refractivity contribution in [2.45, 2.75) is 13.5 Å². The van der Waals surface area contributed by atoms with Gasteiger partial charge in [0.05, 0.1) is 10.6 Å². The summed E-state index contributed by atoms with van der Waals surface area (Å²) in [5, 5.41) is 23.0. The molecule has 138 valence electrons. The number of hydrogen-bond donors (Lipinski definition) is 2. The number of rotatable bonds is 6. The molecule has 0 unspecified atom stereocenters. The van der Waals surface area contributed by atoms with Crippen molar-refractivity contribution in [3.05, 3.63) is 81.8 Å². The molecule has 0 atom stereocenters. The highest BCUT2D eigenvalue weighted by Gasteiger charge is 2.16. The highest BCUT2D eigenvalue weighted by molar-refractivity contribution is 6.03. The summed E-state index contributed by atoms with van der Waals surface area (Å²) in [6.07, 6.45) is 0. The number of phenols is 1.